The Morgan fingerprint density at radius 1 is 0.938 bits per heavy atom. The van der Waals surface area contributed by atoms with Crippen molar-refractivity contribution in [3.8, 4) is 0 Å². The molecule has 4 atom stereocenters. The summed E-state index contributed by atoms with van der Waals surface area (Å²) in [6.45, 7) is 8.61. The maximum Gasteiger partial charge on any atom is 0.230 e. The molecule has 1 saturated carbocycles. The minimum absolute atomic E-state index is 0.0307. The summed E-state index contributed by atoms with van der Waals surface area (Å²) < 4.78 is 0. The molecule has 1 aliphatic carbocycles. The van der Waals surface area contributed by atoms with Crippen LogP contribution in [0.5, 0.6) is 0 Å². The van der Waals surface area contributed by atoms with Gasteiger partial charge < -0.3 is 0 Å². The molecule has 4 unspecified atom stereocenters. The van der Waals surface area contributed by atoms with E-state index in [1.807, 2.05) is 0 Å². The fourth-order valence-electron chi connectivity index (χ4n) is 3.52. The first kappa shape index (κ1) is 11.6. The fraction of sp³-hybridized carbons (Fsp3) is 0.846. The SMILES string of the molecule is CC(C)C1CC(C(C)C)C2C(=O)NC(=O)C12. The van der Waals surface area contributed by atoms with Gasteiger partial charge >= 0.3 is 0 Å². The molecule has 0 radical (unpaired) electrons. The quantitative estimate of drug-likeness (QED) is 0.726. The third kappa shape index (κ3) is 1.57. The van der Waals surface area contributed by atoms with E-state index in [0.717, 1.165) is 6.42 Å². The van der Waals surface area contributed by atoms with Gasteiger partial charge in [0, 0.05) is 0 Å². The van der Waals surface area contributed by atoms with E-state index in [1.54, 1.807) is 0 Å². The Morgan fingerprint density at radius 2 is 1.31 bits per heavy atom. The van der Waals surface area contributed by atoms with E-state index in [4.69, 9.17) is 0 Å². The van der Waals surface area contributed by atoms with E-state index in [1.165, 1.54) is 0 Å². The molecule has 1 saturated heterocycles. The average molecular weight is 223 g/mol. The summed E-state index contributed by atoms with van der Waals surface area (Å²) in [5.41, 5.74) is 0. The molecule has 0 aromatic carbocycles. The van der Waals surface area contributed by atoms with Gasteiger partial charge in [-0.2, -0.15) is 0 Å². The molecule has 1 heterocycles. The number of imide groups is 1. The van der Waals surface area contributed by atoms with E-state index < -0.39 is 0 Å². The molecule has 0 aromatic rings. The second kappa shape index (κ2) is 3.86. The Morgan fingerprint density at radius 3 is 1.62 bits per heavy atom. The van der Waals surface area contributed by atoms with Gasteiger partial charge in [0.1, 0.15) is 0 Å². The van der Waals surface area contributed by atoms with E-state index in [0.29, 0.717) is 23.7 Å². The van der Waals surface area contributed by atoms with Crippen molar-refractivity contribution < 1.29 is 9.59 Å². The number of carbonyl (C=O) groups is 2. The fourth-order valence-corrected chi connectivity index (χ4v) is 3.52. The van der Waals surface area contributed by atoms with E-state index in [9.17, 15) is 9.59 Å². The highest BCUT2D eigenvalue weighted by Crippen LogP contribution is 2.50. The van der Waals surface area contributed by atoms with E-state index in [2.05, 4.69) is 33.0 Å². The zero-order valence-corrected chi connectivity index (χ0v) is 10.5. The highest BCUT2D eigenvalue weighted by molar-refractivity contribution is 6.05. The molecule has 1 aliphatic heterocycles. The maximum atomic E-state index is 11.8. The molecule has 2 rings (SSSR count). The molecule has 90 valence electrons. The Labute approximate surface area is 97.0 Å². The van der Waals surface area contributed by atoms with Crippen LogP contribution in [0.3, 0.4) is 0 Å². The predicted octanol–water partition coefficient (Wildman–Crippen LogP) is 1.82. The summed E-state index contributed by atoms with van der Waals surface area (Å²) in [4.78, 5) is 23.6. The van der Waals surface area contributed by atoms with Crippen molar-refractivity contribution in [2.75, 3.05) is 0 Å². The van der Waals surface area contributed by atoms with Crippen LogP contribution in [0.2, 0.25) is 0 Å². The summed E-state index contributed by atoms with van der Waals surface area (Å²) in [6, 6.07) is 0. The maximum absolute atomic E-state index is 11.8. The molecule has 2 aliphatic rings. The van der Waals surface area contributed by atoms with Gasteiger partial charge in [-0.15, -0.1) is 0 Å². The second-order valence-electron chi connectivity index (χ2n) is 5.96. The minimum atomic E-state index is -0.0556. The first-order valence-corrected chi connectivity index (χ1v) is 6.28. The molecule has 0 bridgehead atoms. The summed E-state index contributed by atoms with van der Waals surface area (Å²) in [6.07, 6.45) is 1.03. The number of amides is 2. The number of hydrogen-bond donors (Lipinski definition) is 1. The van der Waals surface area contributed by atoms with Crippen molar-refractivity contribution in [2.24, 2.45) is 35.5 Å². The number of rotatable bonds is 2. The molecule has 1 N–H and O–H groups in total. The van der Waals surface area contributed by atoms with Crippen LogP contribution in [0.25, 0.3) is 0 Å². The number of fused-ring (bicyclic) bond motifs is 1. The molecular formula is C13H21NO2. The normalized spacial score (nSPS) is 38.4. The highest BCUT2D eigenvalue weighted by Gasteiger charge is 2.56. The van der Waals surface area contributed by atoms with Gasteiger partial charge in [-0.05, 0) is 30.1 Å². The molecular weight excluding hydrogens is 202 g/mol. The molecule has 2 amide bonds. The van der Waals surface area contributed by atoms with Crippen LogP contribution in [0.4, 0.5) is 0 Å². The molecule has 0 spiro atoms. The van der Waals surface area contributed by atoms with Crippen LogP contribution >= 0.6 is 0 Å². The average Bonchev–Trinajstić information content (AvgIpc) is 2.67. The summed E-state index contributed by atoms with van der Waals surface area (Å²) >= 11 is 0. The standard InChI is InChI=1S/C13H21NO2/c1-6(2)8-5-9(7(3)4)11-10(8)12(15)14-13(11)16/h6-11H,5H2,1-4H3,(H,14,15,16). The van der Waals surface area contributed by atoms with Gasteiger partial charge in [0.15, 0.2) is 0 Å². The smallest absolute Gasteiger partial charge is 0.230 e. The van der Waals surface area contributed by atoms with Gasteiger partial charge in [-0.1, -0.05) is 27.7 Å². The minimum Gasteiger partial charge on any atom is -0.296 e. The van der Waals surface area contributed by atoms with Crippen molar-refractivity contribution in [3.05, 3.63) is 0 Å². The van der Waals surface area contributed by atoms with Crippen LogP contribution in [-0.4, -0.2) is 11.8 Å². The zero-order chi connectivity index (χ0) is 12.0. The number of carbonyl (C=O) groups excluding carboxylic acids is 2. The third-order valence-corrected chi connectivity index (χ3v) is 4.42. The van der Waals surface area contributed by atoms with Crippen molar-refractivity contribution in [3.63, 3.8) is 0 Å². The summed E-state index contributed by atoms with van der Waals surface area (Å²) in [7, 11) is 0. The Bertz CT molecular complexity index is 292. The van der Waals surface area contributed by atoms with Crippen LogP contribution < -0.4 is 5.32 Å². The first-order chi connectivity index (χ1) is 7.43. The Balaban J connectivity index is 2.31. The largest absolute Gasteiger partial charge is 0.296 e. The third-order valence-electron chi connectivity index (χ3n) is 4.42. The van der Waals surface area contributed by atoms with Crippen LogP contribution in [0.1, 0.15) is 34.1 Å². The van der Waals surface area contributed by atoms with Crippen molar-refractivity contribution in [1.29, 1.82) is 0 Å². The summed E-state index contributed by atoms with van der Waals surface area (Å²) in [5.74, 6) is 1.54. The molecule has 3 heteroatoms. The highest BCUT2D eigenvalue weighted by atomic mass is 16.2. The monoisotopic (exact) mass is 223 g/mol. The number of hydrogen-bond acceptors (Lipinski definition) is 2. The zero-order valence-electron chi connectivity index (χ0n) is 10.5. The number of nitrogens with one attached hydrogen (secondary N) is 1. The predicted molar refractivity (Wildman–Crippen MR) is 61.4 cm³/mol. The molecule has 16 heavy (non-hydrogen) atoms. The van der Waals surface area contributed by atoms with Crippen molar-refractivity contribution >= 4 is 11.8 Å². The van der Waals surface area contributed by atoms with Gasteiger partial charge in [0.25, 0.3) is 0 Å². The van der Waals surface area contributed by atoms with Gasteiger partial charge in [-0.25, -0.2) is 0 Å². The lowest BCUT2D eigenvalue weighted by molar-refractivity contribution is -0.127. The Kier molecular flexibility index (Phi) is 2.81. The lowest BCUT2D eigenvalue weighted by Crippen LogP contribution is -2.28. The van der Waals surface area contributed by atoms with Crippen molar-refractivity contribution in [1.82, 2.24) is 5.32 Å². The topological polar surface area (TPSA) is 46.2 Å². The first-order valence-electron chi connectivity index (χ1n) is 6.28. The summed E-state index contributed by atoms with van der Waals surface area (Å²) in [5, 5.41) is 2.51. The van der Waals surface area contributed by atoms with Crippen LogP contribution in [0, 0.1) is 35.5 Å². The van der Waals surface area contributed by atoms with E-state index in [-0.39, 0.29) is 23.7 Å². The van der Waals surface area contributed by atoms with Crippen LogP contribution in [-0.2, 0) is 9.59 Å². The van der Waals surface area contributed by atoms with Crippen molar-refractivity contribution in [2.45, 2.75) is 34.1 Å². The van der Waals surface area contributed by atoms with Gasteiger partial charge in [-0.3, -0.25) is 14.9 Å². The van der Waals surface area contributed by atoms with Crippen LogP contribution in [0.15, 0.2) is 0 Å². The second-order valence-corrected chi connectivity index (χ2v) is 5.96. The van der Waals surface area contributed by atoms with Gasteiger partial charge in [0.05, 0.1) is 11.8 Å². The Hall–Kier alpha value is -0.860. The molecule has 3 nitrogen and oxygen atoms in total. The van der Waals surface area contributed by atoms with E-state index >= 15 is 0 Å². The van der Waals surface area contributed by atoms with Gasteiger partial charge in [0.2, 0.25) is 11.8 Å². The molecule has 0 aromatic heterocycles. The lowest BCUT2D eigenvalue weighted by atomic mass is 9.82. The lowest BCUT2D eigenvalue weighted by Gasteiger charge is -2.20. The molecule has 2 fully saturated rings.